The molecule has 1 aliphatic rings. The van der Waals surface area contributed by atoms with Gasteiger partial charge in [-0.3, -0.25) is 0 Å². The van der Waals surface area contributed by atoms with Crippen LogP contribution in [0.5, 0.6) is 0 Å². The molecule has 118 valence electrons. The maximum atomic E-state index is 11.5. The number of amides is 1. The summed E-state index contributed by atoms with van der Waals surface area (Å²) in [6.07, 6.45) is 10.8. The van der Waals surface area contributed by atoms with E-state index in [9.17, 15) is 4.79 Å². The highest BCUT2D eigenvalue weighted by molar-refractivity contribution is 5.67. The van der Waals surface area contributed by atoms with Crippen molar-refractivity contribution in [3.05, 3.63) is 0 Å². The molecule has 1 atom stereocenters. The molecular formula is C17H33NO2. The van der Waals surface area contributed by atoms with Crippen molar-refractivity contribution in [2.75, 3.05) is 6.61 Å². The Bertz CT molecular complexity index is 260. The van der Waals surface area contributed by atoms with E-state index in [4.69, 9.17) is 4.74 Å². The number of carbonyl (C=O) groups is 1. The minimum absolute atomic E-state index is 0.229. The predicted molar refractivity (Wildman–Crippen MR) is 83.8 cm³/mol. The molecule has 1 aliphatic carbocycles. The van der Waals surface area contributed by atoms with E-state index >= 15 is 0 Å². The van der Waals surface area contributed by atoms with Crippen LogP contribution in [0.25, 0.3) is 0 Å². The molecule has 0 aromatic heterocycles. The molecule has 1 unspecified atom stereocenters. The zero-order valence-corrected chi connectivity index (χ0v) is 13.6. The van der Waals surface area contributed by atoms with Gasteiger partial charge in [0.2, 0.25) is 0 Å². The average Bonchev–Trinajstić information content (AvgIpc) is 2.46. The fourth-order valence-corrected chi connectivity index (χ4v) is 3.31. The summed E-state index contributed by atoms with van der Waals surface area (Å²) in [6.45, 7) is 7.14. The molecule has 1 rings (SSSR count). The SMILES string of the molecule is CCCOC(=O)NC1CCC(CC(CC)CCC)CC1. The van der Waals surface area contributed by atoms with Crippen LogP contribution in [0.15, 0.2) is 0 Å². The molecule has 0 spiro atoms. The Morgan fingerprint density at radius 2 is 1.85 bits per heavy atom. The first-order chi connectivity index (χ1) is 9.69. The van der Waals surface area contributed by atoms with Gasteiger partial charge in [-0.15, -0.1) is 0 Å². The third-order valence-electron chi connectivity index (χ3n) is 4.55. The van der Waals surface area contributed by atoms with E-state index in [0.717, 1.165) is 31.1 Å². The molecular weight excluding hydrogens is 250 g/mol. The highest BCUT2D eigenvalue weighted by atomic mass is 16.5. The Morgan fingerprint density at radius 3 is 2.40 bits per heavy atom. The molecule has 0 aromatic carbocycles. The maximum Gasteiger partial charge on any atom is 0.407 e. The van der Waals surface area contributed by atoms with E-state index in [1.807, 2.05) is 6.92 Å². The van der Waals surface area contributed by atoms with Crippen molar-refractivity contribution >= 4 is 6.09 Å². The van der Waals surface area contributed by atoms with Crippen molar-refractivity contribution in [1.29, 1.82) is 0 Å². The number of nitrogens with one attached hydrogen (secondary N) is 1. The van der Waals surface area contributed by atoms with Gasteiger partial charge in [0, 0.05) is 6.04 Å². The smallest absolute Gasteiger partial charge is 0.407 e. The average molecular weight is 283 g/mol. The quantitative estimate of drug-likeness (QED) is 0.688. The molecule has 20 heavy (non-hydrogen) atoms. The van der Waals surface area contributed by atoms with Gasteiger partial charge in [-0.05, 0) is 50.4 Å². The lowest BCUT2D eigenvalue weighted by atomic mass is 9.79. The molecule has 1 saturated carbocycles. The Labute approximate surface area is 124 Å². The summed E-state index contributed by atoms with van der Waals surface area (Å²) >= 11 is 0. The monoisotopic (exact) mass is 283 g/mol. The molecule has 1 N–H and O–H groups in total. The van der Waals surface area contributed by atoms with Gasteiger partial charge in [-0.1, -0.05) is 40.0 Å². The molecule has 1 fully saturated rings. The van der Waals surface area contributed by atoms with Gasteiger partial charge >= 0.3 is 6.09 Å². The third-order valence-corrected chi connectivity index (χ3v) is 4.55. The van der Waals surface area contributed by atoms with E-state index in [-0.39, 0.29) is 6.09 Å². The Hall–Kier alpha value is -0.730. The Balaban J connectivity index is 2.20. The third kappa shape index (κ3) is 6.62. The number of carbonyl (C=O) groups excluding carboxylic acids is 1. The highest BCUT2D eigenvalue weighted by Gasteiger charge is 2.24. The largest absolute Gasteiger partial charge is 0.450 e. The van der Waals surface area contributed by atoms with Crippen LogP contribution in [-0.2, 0) is 4.74 Å². The fraction of sp³-hybridized carbons (Fsp3) is 0.941. The number of hydrogen-bond acceptors (Lipinski definition) is 2. The molecule has 3 heteroatoms. The predicted octanol–water partition coefficient (Wildman–Crippen LogP) is 4.90. The zero-order valence-electron chi connectivity index (χ0n) is 13.6. The van der Waals surface area contributed by atoms with Crippen molar-refractivity contribution in [3.63, 3.8) is 0 Å². The minimum atomic E-state index is -0.229. The second-order valence-corrected chi connectivity index (χ2v) is 6.30. The molecule has 3 nitrogen and oxygen atoms in total. The summed E-state index contributed by atoms with van der Waals surface area (Å²) in [7, 11) is 0. The van der Waals surface area contributed by atoms with Crippen LogP contribution in [0.1, 0.15) is 78.6 Å². The first-order valence-corrected chi connectivity index (χ1v) is 8.62. The van der Waals surface area contributed by atoms with Gasteiger partial charge < -0.3 is 10.1 Å². The molecule has 0 aromatic rings. The first-order valence-electron chi connectivity index (χ1n) is 8.62. The van der Waals surface area contributed by atoms with Crippen molar-refractivity contribution in [1.82, 2.24) is 5.32 Å². The van der Waals surface area contributed by atoms with Gasteiger partial charge in [0.15, 0.2) is 0 Å². The van der Waals surface area contributed by atoms with Crippen molar-refractivity contribution in [2.24, 2.45) is 11.8 Å². The maximum absolute atomic E-state index is 11.5. The topological polar surface area (TPSA) is 38.3 Å². The van der Waals surface area contributed by atoms with Crippen LogP contribution < -0.4 is 5.32 Å². The number of alkyl carbamates (subject to hydrolysis) is 1. The van der Waals surface area contributed by atoms with Crippen molar-refractivity contribution in [2.45, 2.75) is 84.6 Å². The molecule has 0 saturated heterocycles. The Morgan fingerprint density at radius 1 is 1.15 bits per heavy atom. The van der Waals surface area contributed by atoms with Crippen molar-refractivity contribution < 1.29 is 9.53 Å². The van der Waals surface area contributed by atoms with Gasteiger partial charge in [0.05, 0.1) is 6.61 Å². The zero-order chi connectivity index (χ0) is 14.8. The summed E-state index contributed by atoms with van der Waals surface area (Å²) in [5.41, 5.74) is 0. The van der Waals surface area contributed by atoms with Gasteiger partial charge in [-0.2, -0.15) is 0 Å². The van der Waals surface area contributed by atoms with Crippen LogP contribution in [0, 0.1) is 11.8 Å². The van der Waals surface area contributed by atoms with Crippen LogP contribution in [-0.4, -0.2) is 18.7 Å². The van der Waals surface area contributed by atoms with Gasteiger partial charge in [0.25, 0.3) is 0 Å². The number of hydrogen-bond donors (Lipinski definition) is 1. The second-order valence-electron chi connectivity index (χ2n) is 6.30. The number of rotatable bonds is 8. The van der Waals surface area contributed by atoms with E-state index in [1.54, 1.807) is 0 Å². The Kier molecular flexibility index (Phi) is 8.72. The molecule has 1 amide bonds. The van der Waals surface area contributed by atoms with Crippen LogP contribution in [0.3, 0.4) is 0 Å². The molecule has 0 bridgehead atoms. The van der Waals surface area contributed by atoms with Crippen LogP contribution in [0.2, 0.25) is 0 Å². The lowest BCUT2D eigenvalue weighted by Crippen LogP contribution is -2.38. The standard InChI is InChI=1S/C17H33NO2/c1-4-7-14(6-3)13-15-8-10-16(11-9-15)18-17(19)20-12-5-2/h14-16H,4-13H2,1-3H3,(H,18,19). The summed E-state index contributed by atoms with van der Waals surface area (Å²) in [5, 5.41) is 3.01. The summed E-state index contributed by atoms with van der Waals surface area (Å²) in [5.74, 6) is 1.78. The highest BCUT2D eigenvalue weighted by Crippen LogP contribution is 2.32. The van der Waals surface area contributed by atoms with Crippen LogP contribution in [0.4, 0.5) is 4.79 Å². The summed E-state index contributed by atoms with van der Waals surface area (Å²) in [6, 6.07) is 0.335. The van der Waals surface area contributed by atoms with Gasteiger partial charge in [-0.25, -0.2) is 4.79 Å². The normalized spacial score (nSPS) is 24.1. The van der Waals surface area contributed by atoms with Crippen molar-refractivity contribution in [3.8, 4) is 0 Å². The lowest BCUT2D eigenvalue weighted by molar-refractivity contribution is 0.136. The van der Waals surface area contributed by atoms with E-state index in [2.05, 4.69) is 19.2 Å². The van der Waals surface area contributed by atoms with E-state index in [0.29, 0.717) is 12.6 Å². The fourth-order valence-electron chi connectivity index (χ4n) is 3.31. The molecule has 0 radical (unpaired) electrons. The van der Waals surface area contributed by atoms with E-state index < -0.39 is 0 Å². The lowest BCUT2D eigenvalue weighted by Gasteiger charge is -2.31. The summed E-state index contributed by atoms with van der Waals surface area (Å²) < 4.78 is 5.08. The first kappa shape index (κ1) is 17.3. The molecule has 0 heterocycles. The van der Waals surface area contributed by atoms with Crippen LogP contribution >= 0.6 is 0 Å². The molecule has 0 aliphatic heterocycles. The number of ether oxygens (including phenoxy) is 1. The van der Waals surface area contributed by atoms with E-state index in [1.165, 1.54) is 38.5 Å². The second kappa shape index (κ2) is 10.1. The summed E-state index contributed by atoms with van der Waals surface area (Å²) in [4.78, 5) is 11.5. The minimum Gasteiger partial charge on any atom is -0.450 e. The van der Waals surface area contributed by atoms with Gasteiger partial charge in [0.1, 0.15) is 0 Å².